The molecule has 0 aliphatic carbocycles. The summed E-state index contributed by atoms with van der Waals surface area (Å²) in [6.45, 7) is 3.47. The van der Waals surface area contributed by atoms with E-state index < -0.39 is 5.60 Å². The number of hydrogen-bond donors (Lipinski definition) is 1. The van der Waals surface area contributed by atoms with E-state index in [1.165, 1.54) is 11.3 Å². The third kappa shape index (κ3) is 2.65. The van der Waals surface area contributed by atoms with Gasteiger partial charge in [0.15, 0.2) is 0 Å². The molecule has 3 nitrogen and oxygen atoms in total. The lowest BCUT2D eigenvalue weighted by molar-refractivity contribution is 0.0746. The molecule has 1 heterocycles. The predicted molar refractivity (Wildman–Crippen MR) is 69.3 cm³/mol. The van der Waals surface area contributed by atoms with Gasteiger partial charge in [0, 0.05) is 10.9 Å². The predicted octanol–water partition coefficient (Wildman–Crippen LogP) is 3.05. The molecule has 4 heteroatoms. The molecule has 0 spiro atoms. The second kappa shape index (κ2) is 4.47. The van der Waals surface area contributed by atoms with Crippen LogP contribution in [0.2, 0.25) is 0 Å². The number of thiazole rings is 1. The van der Waals surface area contributed by atoms with Gasteiger partial charge >= 0.3 is 0 Å². The summed E-state index contributed by atoms with van der Waals surface area (Å²) in [5.41, 5.74) is 0.848. The van der Waals surface area contributed by atoms with E-state index >= 15 is 0 Å². The summed E-state index contributed by atoms with van der Waals surface area (Å²) in [4.78, 5) is 4.43. The summed E-state index contributed by atoms with van der Waals surface area (Å²) in [5, 5.41) is 12.7. The lowest BCUT2D eigenvalue weighted by Gasteiger charge is -2.12. The van der Waals surface area contributed by atoms with Gasteiger partial charge in [0.1, 0.15) is 16.4 Å². The maximum absolute atomic E-state index is 9.86. The van der Waals surface area contributed by atoms with Crippen LogP contribution in [-0.4, -0.2) is 17.2 Å². The highest BCUT2D eigenvalue weighted by molar-refractivity contribution is 7.13. The average Bonchev–Trinajstić information content (AvgIpc) is 2.78. The Kier molecular flexibility index (Phi) is 3.17. The summed E-state index contributed by atoms with van der Waals surface area (Å²) in [6.07, 6.45) is 0. The van der Waals surface area contributed by atoms with Crippen molar-refractivity contribution in [3.05, 3.63) is 35.3 Å². The summed E-state index contributed by atoms with van der Waals surface area (Å²) in [6, 6.07) is 7.73. The molecule has 1 aromatic heterocycles. The SMILES string of the molecule is COc1ccc(-c2nc(C(C)(C)O)cs2)cc1. The minimum atomic E-state index is -0.888. The zero-order valence-corrected chi connectivity index (χ0v) is 10.9. The Bertz CT molecular complexity index is 497. The third-order valence-corrected chi connectivity index (χ3v) is 3.36. The summed E-state index contributed by atoms with van der Waals surface area (Å²) in [5.74, 6) is 0.827. The van der Waals surface area contributed by atoms with E-state index in [2.05, 4.69) is 4.98 Å². The van der Waals surface area contributed by atoms with Gasteiger partial charge in [-0.05, 0) is 38.1 Å². The molecule has 2 rings (SSSR count). The number of ether oxygens (including phenoxy) is 1. The Morgan fingerprint density at radius 3 is 2.35 bits per heavy atom. The quantitative estimate of drug-likeness (QED) is 0.909. The van der Waals surface area contributed by atoms with Gasteiger partial charge in [-0.3, -0.25) is 0 Å². The largest absolute Gasteiger partial charge is 0.497 e. The second-order valence-corrected chi connectivity index (χ2v) is 5.18. The molecular formula is C13H15NO2S. The summed E-state index contributed by atoms with van der Waals surface area (Å²) >= 11 is 1.53. The van der Waals surface area contributed by atoms with Crippen LogP contribution in [0.1, 0.15) is 19.5 Å². The van der Waals surface area contributed by atoms with E-state index in [4.69, 9.17) is 4.74 Å². The van der Waals surface area contributed by atoms with Crippen molar-refractivity contribution in [3.8, 4) is 16.3 Å². The molecule has 0 saturated carbocycles. The Balaban J connectivity index is 2.30. The lowest BCUT2D eigenvalue weighted by Crippen LogP contribution is -2.15. The highest BCUT2D eigenvalue weighted by Gasteiger charge is 2.19. The van der Waals surface area contributed by atoms with Gasteiger partial charge in [0.2, 0.25) is 0 Å². The van der Waals surface area contributed by atoms with Crippen LogP contribution >= 0.6 is 11.3 Å². The molecule has 0 atom stereocenters. The molecule has 1 N–H and O–H groups in total. The van der Waals surface area contributed by atoms with Crippen LogP contribution in [0.15, 0.2) is 29.6 Å². The van der Waals surface area contributed by atoms with Crippen LogP contribution in [0.4, 0.5) is 0 Å². The zero-order chi connectivity index (χ0) is 12.5. The van der Waals surface area contributed by atoms with Gasteiger partial charge in [-0.1, -0.05) is 0 Å². The fourth-order valence-corrected chi connectivity index (χ4v) is 2.41. The molecule has 0 amide bonds. The van der Waals surface area contributed by atoms with Crippen LogP contribution in [0.3, 0.4) is 0 Å². The Morgan fingerprint density at radius 1 is 1.24 bits per heavy atom. The first-order valence-electron chi connectivity index (χ1n) is 5.33. The molecule has 0 aliphatic rings. The third-order valence-electron chi connectivity index (χ3n) is 2.47. The van der Waals surface area contributed by atoms with Gasteiger partial charge in [-0.2, -0.15) is 0 Å². The Labute approximate surface area is 105 Å². The molecule has 0 radical (unpaired) electrons. The number of benzene rings is 1. The Hall–Kier alpha value is -1.39. The molecule has 0 unspecified atom stereocenters. The van der Waals surface area contributed by atoms with Gasteiger partial charge < -0.3 is 9.84 Å². The van der Waals surface area contributed by atoms with Gasteiger partial charge in [-0.25, -0.2) is 4.98 Å². The van der Waals surface area contributed by atoms with Crippen LogP contribution in [-0.2, 0) is 5.60 Å². The van der Waals surface area contributed by atoms with E-state index in [0.29, 0.717) is 5.69 Å². The van der Waals surface area contributed by atoms with E-state index in [1.807, 2.05) is 29.6 Å². The molecule has 1 aromatic carbocycles. The number of nitrogens with zero attached hydrogens (tertiary/aromatic N) is 1. The van der Waals surface area contributed by atoms with Crippen molar-refractivity contribution in [3.63, 3.8) is 0 Å². The van der Waals surface area contributed by atoms with Crippen molar-refractivity contribution in [1.29, 1.82) is 0 Å². The monoisotopic (exact) mass is 249 g/mol. The van der Waals surface area contributed by atoms with E-state index in [9.17, 15) is 5.11 Å². The molecule has 0 aliphatic heterocycles. The van der Waals surface area contributed by atoms with Crippen molar-refractivity contribution in [1.82, 2.24) is 4.98 Å². The lowest BCUT2D eigenvalue weighted by atomic mass is 10.1. The molecule has 2 aromatic rings. The number of rotatable bonds is 3. The van der Waals surface area contributed by atoms with Gasteiger partial charge in [0.05, 0.1) is 12.8 Å². The van der Waals surface area contributed by atoms with Crippen LogP contribution in [0.5, 0.6) is 5.75 Å². The standard InChI is InChI=1S/C13H15NO2S/c1-13(2,15)11-8-17-12(14-11)9-4-6-10(16-3)7-5-9/h4-8,15H,1-3H3. The fraction of sp³-hybridized carbons (Fsp3) is 0.308. The molecule has 90 valence electrons. The summed E-state index contributed by atoms with van der Waals surface area (Å²) in [7, 11) is 1.64. The smallest absolute Gasteiger partial charge is 0.123 e. The maximum Gasteiger partial charge on any atom is 0.123 e. The van der Waals surface area contributed by atoms with Crippen molar-refractivity contribution >= 4 is 11.3 Å². The highest BCUT2D eigenvalue weighted by Crippen LogP contribution is 2.29. The average molecular weight is 249 g/mol. The van der Waals surface area contributed by atoms with Gasteiger partial charge in [0.25, 0.3) is 0 Å². The first-order chi connectivity index (χ1) is 8.00. The number of hydrogen-bond acceptors (Lipinski definition) is 4. The normalized spacial score (nSPS) is 11.5. The minimum Gasteiger partial charge on any atom is -0.497 e. The van der Waals surface area contributed by atoms with Crippen molar-refractivity contribution in [2.75, 3.05) is 7.11 Å². The molecule has 0 bridgehead atoms. The van der Waals surface area contributed by atoms with Crippen LogP contribution in [0.25, 0.3) is 10.6 Å². The minimum absolute atomic E-state index is 0.702. The fourth-order valence-electron chi connectivity index (χ4n) is 1.42. The maximum atomic E-state index is 9.86. The number of aromatic nitrogens is 1. The first kappa shape index (κ1) is 12.1. The molecule has 0 saturated heterocycles. The zero-order valence-electron chi connectivity index (χ0n) is 10.1. The van der Waals surface area contributed by atoms with E-state index in [-0.39, 0.29) is 0 Å². The Morgan fingerprint density at radius 2 is 1.88 bits per heavy atom. The number of methoxy groups -OCH3 is 1. The van der Waals surface area contributed by atoms with Crippen molar-refractivity contribution in [2.24, 2.45) is 0 Å². The molecular weight excluding hydrogens is 234 g/mol. The highest BCUT2D eigenvalue weighted by atomic mass is 32.1. The van der Waals surface area contributed by atoms with E-state index in [0.717, 1.165) is 16.3 Å². The van der Waals surface area contributed by atoms with Gasteiger partial charge in [-0.15, -0.1) is 11.3 Å². The van der Waals surface area contributed by atoms with Crippen LogP contribution in [0, 0.1) is 0 Å². The second-order valence-electron chi connectivity index (χ2n) is 4.33. The molecule has 17 heavy (non-hydrogen) atoms. The molecule has 0 fully saturated rings. The van der Waals surface area contributed by atoms with Crippen molar-refractivity contribution < 1.29 is 9.84 Å². The van der Waals surface area contributed by atoms with Crippen LogP contribution < -0.4 is 4.74 Å². The topological polar surface area (TPSA) is 42.4 Å². The van der Waals surface area contributed by atoms with Crippen molar-refractivity contribution in [2.45, 2.75) is 19.4 Å². The number of aliphatic hydroxyl groups is 1. The first-order valence-corrected chi connectivity index (χ1v) is 6.21. The van der Waals surface area contributed by atoms with E-state index in [1.54, 1.807) is 21.0 Å². The summed E-state index contributed by atoms with van der Waals surface area (Å²) < 4.78 is 5.11.